The fourth-order valence-electron chi connectivity index (χ4n) is 3.64. The Morgan fingerprint density at radius 1 is 0.879 bits per heavy atom. The summed E-state index contributed by atoms with van der Waals surface area (Å²) >= 11 is 0. The molecule has 5 N–H and O–H groups in total. The van der Waals surface area contributed by atoms with E-state index < -0.39 is 6.03 Å². The van der Waals surface area contributed by atoms with Gasteiger partial charge in [0.05, 0.1) is 11.2 Å². The number of amides is 2. The zero-order valence-corrected chi connectivity index (χ0v) is 17.4. The number of aromatic hydroxyl groups is 1. The molecule has 2 heterocycles. The number of benzene rings is 3. The Labute approximate surface area is 189 Å². The third kappa shape index (κ3) is 4.17. The molecule has 33 heavy (non-hydrogen) atoms. The summed E-state index contributed by atoms with van der Waals surface area (Å²) in [4.78, 5) is 20.7. The van der Waals surface area contributed by atoms with Crippen molar-refractivity contribution in [1.29, 1.82) is 0 Å². The minimum Gasteiger partial charge on any atom is -0.506 e. The first-order chi connectivity index (χ1) is 16.1. The molecule has 8 nitrogen and oxygen atoms in total. The van der Waals surface area contributed by atoms with Gasteiger partial charge >= 0.3 is 6.03 Å². The summed E-state index contributed by atoms with van der Waals surface area (Å²) in [5.41, 5.74) is 9.68. The fraction of sp³-hybridized carbons (Fsp3) is 0. The molecule has 162 valence electrons. The minimum atomic E-state index is -0.445. The quantitative estimate of drug-likeness (QED) is 0.295. The SMILES string of the molecule is Nc1cc(-n2ccc3ccc(-c4cccc(NC(=O)Nc5ccccc5O)c4)cc32)ncn1. The lowest BCUT2D eigenvalue weighted by atomic mass is 10.0. The zero-order valence-electron chi connectivity index (χ0n) is 17.4. The maximum Gasteiger partial charge on any atom is 0.323 e. The van der Waals surface area contributed by atoms with Crippen LogP contribution in [0.25, 0.3) is 27.8 Å². The van der Waals surface area contributed by atoms with Crippen LogP contribution >= 0.6 is 0 Å². The summed E-state index contributed by atoms with van der Waals surface area (Å²) < 4.78 is 1.96. The van der Waals surface area contributed by atoms with E-state index in [4.69, 9.17) is 5.73 Å². The third-order valence-corrected chi connectivity index (χ3v) is 5.22. The van der Waals surface area contributed by atoms with Gasteiger partial charge < -0.3 is 26.0 Å². The number of nitrogen functional groups attached to an aromatic ring is 1. The number of rotatable bonds is 4. The summed E-state index contributed by atoms with van der Waals surface area (Å²) in [6.45, 7) is 0. The first kappa shape index (κ1) is 20.1. The van der Waals surface area contributed by atoms with Crippen molar-refractivity contribution in [3.63, 3.8) is 0 Å². The van der Waals surface area contributed by atoms with E-state index in [1.54, 1.807) is 30.3 Å². The van der Waals surface area contributed by atoms with E-state index in [-0.39, 0.29) is 5.75 Å². The molecule has 0 saturated heterocycles. The number of urea groups is 1. The zero-order chi connectivity index (χ0) is 22.8. The van der Waals surface area contributed by atoms with Gasteiger partial charge in [-0.2, -0.15) is 0 Å². The lowest BCUT2D eigenvalue weighted by Gasteiger charge is -2.11. The Bertz CT molecular complexity index is 1480. The Hall–Kier alpha value is -4.85. The van der Waals surface area contributed by atoms with Crippen LogP contribution in [0.15, 0.2) is 91.4 Å². The summed E-state index contributed by atoms with van der Waals surface area (Å²) in [7, 11) is 0. The summed E-state index contributed by atoms with van der Waals surface area (Å²) in [5, 5.41) is 16.4. The maximum atomic E-state index is 12.4. The molecule has 5 rings (SSSR count). The van der Waals surface area contributed by atoms with E-state index in [1.165, 1.54) is 12.4 Å². The van der Waals surface area contributed by atoms with Crippen molar-refractivity contribution in [3.05, 3.63) is 91.4 Å². The van der Waals surface area contributed by atoms with Crippen molar-refractivity contribution >= 4 is 34.1 Å². The van der Waals surface area contributed by atoms with Gasteiger partial charge in [0.1, 0.15) is 23.7 Å². The van der Waals surface area contributed by atoms with Gasteiger partial charge in [-0.25, -0.2) is 14.8 Å². The van der Waals surface area contributed by atoms with Crippen LogP contribution < -0.4 is 16.4 Å². The number of hydrogen-bond donors (Lipinski definition) is 4. The average molecular weight is 436 g/mol. The normalized spacial score (nSPS) is 10.8. The summed E-state index contributed by atoms with van der Waals surface area (Å²) in [6.07, 6.45) is 3.38. The predicted octanol–water partition coefficient (Wildman–Crippen LogP) is 5.02. The van der Waals surface area contributed by atoms with Crippen LogP contribution in [0.3, 0.4) is 0 Å². The summed E-state index contributed by atoms with van der Waals surface area (Å²) in [5.74, 6) is 1.09. The minimum absolute atomic E-state index is 0.00292. The average Bonchev–Trinajstić information content (AvgIpc) is 3.24. The molecule has 0 fully saturated rings. The molecule has 0 radical (unpaired) electrons. The van der Waals surface area contributed by atoms with Crippen LogP contribution in [-0.2, 0) is 0 Å². The number of carbonyl (C=O) groups excluding carboxylic acids is 1. The molecule has 2 amide bonds. The highest BCUT2D eigenvalue weighted by Crippen LogP contribution is 2.29. The van der Waals surface area contributed by atoms with Gasteiger partial charge in [0.25, 0.3) is 0 Å². The highest BCUT2D eigenvalue weighted by molar-refractivity contribution is 6.01. The van der Waals surface area contributed by atoms with Crippen LogP contribution in [0.2, 0.25) is 0 Å². The number of carbonyl (C=O) groups is 1. The van der Waals surface area contributed by atoms with Crippen molar-refractivity contribution in [2.24, 2.45) is 0 Å². The van der Waals surface area contributed by atoms with Gasteiger partial charge in [0, 0.05) is 23.3 Å². The van der Waals surface area contributed by atoms with E-state index >= 15 is 0 Å². The summed E-state index contributed by atoms with van der Waals surface area (Å²) in [6, 6.07) is 23.5. The number of nitrogens with zero attached hydrogens (tertiary/aromatic N) is 3. The fourth-order valence-corrected chi connectivity index (χ4v) is 3.64. The highest BCUT2D eigenvalue weighted by Gasteiger charge is 2.09. The van der Waals surface area contributed by atoms with Gasteiger partial charge in [-0.3, -0.25) is 0 Å². The second kappa shape index (κ2) is 8.35. The lowest BCUT2D eigenvalue weighted by Crippen LogP contribution is -2.19. The molecule has 2 aromatic heterocycles. The molecule has 3 aromatic carbocycles. The number of para-hydroxylation sites is 2. The van der Waals surface area contributed by atoms with E-state index in [0.717, 1.165) is 22.0 Å². The molecule has 8 heteroatoms. The van der Waals surface area contributed by atoms with Crippen LogP contribution in [0.4, 0.5) is 22.0 Å². The molecular weight excluding hydrogens is 416 g/mol. The number of nitrogens with two attached hydrogens (primary N) is 1. The van der Waals surface area contributed by atoms with Crippen LogP contribution in [0.1, 0.15) is 0 Å². The van der Waals surface area contributed by atoms with Crippen LogP contribution in [0, 0.1) is 0 Å². The standard InChI is InChI=1S/C25H20N6O2/c26-23-14-24(28-15-27-23)31-11-10-16-8-9-18(13-21(16)31)17-4-3-5-19(12-17)29-25(33)30-20-6-1-2-7-22(20)32/h1-15,32H,(H2,26,27,28)(H2,29,30,33). The van der Waals surface area contributed by atoms with Crippen molar-refractivity contribution in [3.8, 4) is 22.7 Å². The number of nitrogens with one attached hydrogen (secondary N) is 2. The van der Waals surface area contributed by atoms with E-state index in [9.17, 15) is 9.90 Å². The largest absolute Gasteiger partial charge is 0.506 e. The monoisotopic (exact) mass is 436 g/mol. The topological polar surface area (TPSA) is 118 Å². The number of hydrogen-bond acceptors (Lipinski definition) is 5. The van der Waals surface area contributed by atoms with Gasteiger partial charge in [-0.15, -0.1) is 0 Å². The van der Waals surface area contributed by atoms with Crippen LogP contribution in [0.5, 0.6) is 5.75 Å². The molecule has 0 saturated carbocycles. The van der Waals surface area contributed by atoms with Gasteiger partial charge in [-0.05, 0) is 47.5 Å². The highest BCUT2D eigenvalue weighted by atomic mass is 16.3. The molecule has 5 aromatic rings. The Kier molecular flexibility index (Phi) is 5.08. The molecule has 0 aliphatic rings. The smallest absolute Gasteiger partial charge is 0.323 e. The molecular formula is C25H20N6O2. The predicted molar refractivity (Wildman–Crippen MR) is 129 cm³/mol. The van der Waals surface area contributed by atoms with E-state index in [2.05, 4.69) is 26.7 Å². The lowest BCUT2D eigenvalue weighted by molar-refractivity contribution is 0.262. The molecule has 0 spiro atoms. The number of phenols is 1. The molecule has 0 aliphatic heterocycles. The van der Waals surface area contributed by atoms with Gasteiger partial charge in [-0.1, -0.05) is 36.4 Å². The Balaban J connectivity index is 1.42. The van der Waals surface area contributed by atoms with E-state index in [0.29, 0.717) is 23.0 Å². The number of phenolic OH excluding ortho intramolecular Hbond substituents is 1. The molecule has 0 atom stereocenters. The van der Waals surface area contributed by atoms with E-state index in [1.807, 2.05) is 47.2 Å². The molecule has 0 aliphatic carbocycles. The first-order valence-electron chi connectivity index (χ1n) is 10.2. The van der Waals surface area contributed by atoms with Crippen molar-refractivity contribution in [2.45, 2.75) is 0 Å². The van der Waals surface area contributed by atoms with Crippen molar-refractivity contribution in [1.82, 2.24) is 14.5 Å². The molecule has 0 unspecified atom stereocenters. The third-order valence-electron chi connectivity index (χ3n) is 5.22. The van der Waals surface area contributed by atoms with Gasteiger partial charge in [0.2, 0.25) is 0 Å². The number of aromatic nitrogens is 3. The van der Waals surface area contributed by atoms with Crippen molar-refractivity contribution < 1.29 is 9.90 Å². The first-order valence-corrected chi connectivity index (χ1v) is 10.2. The molecule has 0 bridgehead atoms. The Morgan fingerprint density at radius 2 is 1.73 bits per heavy atom. The van der Waals surface area contributed by atoms with Crippen LogP contribution in [-0.4, -0.2) is 25.7 Å². The second-order valence-corrected chi connectivity index (χ2v) is 7.44. The Morgan fingerprint density at radius 3 is 2.58 bits per heavy atom. The van der Waals surface area contributed by atoms with Gasteiger partial charge in [0.15, 0.2) is 0 Å². The van der Waals surface area contributed by atoms with Crippen molar-refractivity contribution in [2.75, 3.05) is 16.4 Å². The number of anilines is 3. The number of fused-ring (bicyclic) bond motifs is 1. The maximum absolute atomic E-state index is 12.4. The second-order valence-electron chi connectivity index (χ2n) is 7.44.